The Balaban J connectivity index is 1.03. The van der Waals surface area contributed by atoms with Gasteiger partial charge in [0.1, 0.15) is 23.0 Å². The zero-order valence-electron chi connectivity index (χ0n) is 40.3. The Bertz CT molecular complexity index is 2230. The number of unbranched alkanes of at least 4 members (excludes halogenated alkanes) is 16. The summed E-state index contributed by atoms with van der Waals surface area (Å²) in [6.45, 7) is 6.82. The summed E-state index contributed by atoms with van der Waals surface area (Å²) in [5.74, 6) is -3.65. The van der Waals surface area contributed by atoms with E-state index in [1.165, 1.54) is 150 Å². The van der Waals surface area contributed by atoms with Gasteiger partial charge in [-0.15, -0.1) is 0 Å². The largest absolute Gasteiger partial charge is 0.491 e. The summed E-state index contributed by atoms with van der Waals surface area (Å²) in [5, 5.41) is 0. The van der Waals surface area contributed by atoms with Crippen molar-refractivity contribution in [3.05, 3.63) is 143 Å². The summed E-state index contributed by atoms with van der Waals surface area (Å²) in [4.78, 5) is 51.9. The second-order valence-electron chi connectivity index (χ2n) is 17.1. The van der Waals surface area contributed by atoms with E-state index in [-0.39, 0.29) is 56.8 Å². The van der Waals surface area contributed by atoms with Gasteiger partial charge >= 0.3 is 23.9 Å². The molecule has 368 valence electrons. The van der Waals surface area contributed by atoms with Crippen LogP contribution >= 0.6 is 0 Å². The molecule has 0 heterocycles. The van der Waals surface area contributed by atoms with Crippen molar-refractivity contribution in [2.75, 3.05) is 13.2 Å². The first-order valence-electron chi connectivity index (χ1n) is 24.6. The molecule has 0 saturated carbocycles. The van der Waals surface area contributed by atoms with Crippen LogP contribution in [-0.4, -0.2) is 37.1 Å². The summed E-state index contributed by atoms with van der Waals surface area (Å²) in [6, 6.07) is 23.8. The SMILES string of the molecule is CCCCCCCCCCCOc1ccc(C(=O)Oc2ccc(C(=O)Oc3cccc(OC(=O)c4ccc(OC(=O)c5ccc(OCCCCCCCCCCC)c(F)c5)cc4)c3C)cc2)cc1F. The van der Waals surface area contributed by atoms with E-state index in [9.17, 15) is 28.0 Å². The number of hydrogen-bond donors (Lipinski definition) is 0. The van der Waals surface area contributed by atoms with E-state index in [1.54, 1.807) is 25.1 Å². The normalized spacial score (nSPS) is 10.9. The van der Waals surface area contributed by atoms with Gasteiger partial charge in [-0.25, -0.2) is 28.0 Å². The summed E-state index contributed by atoms with van der Waals surface area (Å²) < 4.78 is 62.9. The highest BCUT2D eigenvalue weighted by molar-refractivity contribution is 5.94. The monoisotopic (exact) mass is 948 g/mol. The minimum absolute atomic E-state index is 0.00166. The maximum atomic E-state index is 14.8. The number of carbonyl (C=O) groups is 4. The molecule has 10 nitrogen and oxygen atoms in total. The third-order valence-electron chi connectivity index (χ3n) is 11.6. The highest BCUT2D eigenvalue weighted by Crippen LogP contribution is 2.30. The van der Waals surface area contributed by atoms with Gasteiger partial charge in [0, 0.05) is 5.56 Å². The van der Waals surface area contributed by atoms with Gasteiger partial charge in [-0.3, -0.25) is 0 Å². The standard InChI is InChI=1S/C57H66F2O10/c1-4-6-8-10-12-14-16-18-20-37-64-52-35-29-44(39-48(52)58)56(62)66-46-31-25-42(26-32-46)54(60)68-50-23-22-24-51(41(50)3)69-55(61)43-27-33-47(34-28-43)67-57(63)45-30-36-53(49(59)40-45)65-38-21-19-17-15-13-11-9-7-5-2/h22-36,39-40H,4-21,37-38H2,1-3H3. The van der Waals surface area contributed by atoms with Crippen LogP contribution in [0.3, 0.4) is 0 Å². The molecule has 0 atom stereocenters. The van der Waals surface area contributed by atoms with Crippen molar-refractivity contribution >= 4 is 23.9 Å². The van der Waals surface area contributed by atoms with E-state index < -0.39 is 35.5 Å². The Morgan fingerprint density at radius 3 is 1.04 bits per heavy atom. The Morgan fingerprint density at radius 2 is 0.696 bits per heavy atom. The first-order valence-corrected chi connectivity index (χ1v) is 24.6. The summed E-state index contributed by atoms with van der Waals surface area (Å²) in [7, 11) is 0. The lowest BCUT2D eigenvalue weighted by molar-refractivity contribution is 0.0721. The number of esters is 4. The molecule has 0 spiro atoms. The summed E-state index contributed by atoms with van der Waals surface area (Å²) >= 11 is 0. The van der Waals surface area contributed by atoms with Crippen LogP contribution in [0.1, 0.15) is 176 Å². The van der Waals surface area contributed by atoms with Crippen LogP contribution < -0.4 is 28.4 Å². The number of hydrogen-bond acceptors (Lipinski definition) is 10. The number of ether oxygens (including phenoxy) is 6. The van der Waals surface area contributed by atoms with E-state index in [0.29, 0.717) is 18.8 Å². The van der Waals surface area contributed by atoms with Crippen molar-refractivity contribution in [3.8, 4) is 34.5 Å². The Morgan fingerprint density at radius 1 is 0.377 bits per heavy atom. The van der Waals surface area contributed by atoms with E-state index in [2.05, 4.69) is 13.8 Å². The van der Waals surface area contributed by atoms with Crippen LogP contribution in [0, 0.1) is 18.6 Å². The van der Waals surface area contributed by atoms with Gasteiger partial charge in [0.2, 0.25) is 0 Å². The topological polar surface area (TPSA) is 124 Å². The third-order valence-corrected chi connectivity index (χ3v) is 11.6. The first-order chi connectivity index (χ1) is 33.6. The quantitative estimate of drug-likeness (QED) is 0.0250. The zero-order chi connectivity index (χ0) is 49.2. The molecule has 0 saturated heterocycles. The predicted octanol–water partition coefficient (Wildman–Crippen LogP) is 15.0. The highest BCUT2D eigenvalue weighted by atomic mass is 19.1. The Hall–Kier alpha value is -6.56. The molecular formula is C57H66F2O10. The second kappa shape index (κ2) is 29.4. The summed E-state index contributed by atoms with van der Waals surface area (Å²) in [5.41, 5.74) is 0.665. The molecule has 5 aromatic carbocycles. The van der Waals surface area contributed by atoms with Gasteiger partial charge in [0.05, 0.1) is 35.5 Å². The number of rotatable bonds is 30. The lowest BCUT2D eigenvalue weighted by Crippen LogP contribution is -2.13. The van der Waals surface area contributed by atoms with Crippen LogP contribution in [0.4, 0.5) is 8.78 Å². The van der Waals surface area contributed by atoms with Crippen molar-refractivity contribution in [1.82, 2.24) is 0 Å². The van der Waals surface area contributed by atoms with Gasteiger partial charge in [-0.05, 0) is 117 Å². The second-order valence-corrected chi connectivity index (χ2v) is 17.1. The van der Waals surface area contributed by atoms with Crippen LogP contribution in [0.25, 0.3) is 0 Å². The Labute approximate surface area is 405 Å². The number of benzene rings is 5. The van der Waals surface area contributed by atoms with E-state index in [4.69, 9.17) is 28.4 Å². The van der Waals surface area contributed by atoms with Crippen LogP contribution in [0.5, 0.6) is 34.5 Å². The fourth-order valence-electron chi connectivity index (χ4n) is 7.46. The minimum Gasteiger partial charge on any atom is -0.491 e. The molecule has 0 aliphatic rings. The molecule has 12 heteroatoms. The molecule has 0 fully saturated rings. The van der Waals surface area contributed by atoms with Gasteiger partial charge in [0.15, 0.2) is 23.1 Å². The molecule has 5 rings (SSSR count). The van der Waals surface area contributed by atoms with Crippen LogP contribution in [0.15, 0.2) is 103 Å². The van der Waals surface area contributed by atoms with Crippen LogP contribution in [0.2, 0.25) is 0 Å². The van der Waals surface area contributed by atoms with Gasteiger partial charge in [-0.1, -0.05) is 123 Å². The van der Waals surface area contributed by atoms with Gasteiger partial charge in [0.25, 0.3) is 0 Å². The first kappa shape index (κ1) is 53.4. The van der Waals surface area contributed by atoms with E-state index >= 15 is 0 Å². The molecule has 5 aromatic rings. The number of carbonyl (C=O) groups excluding carboxylic acids is 4. The molecule has 0 unspecified atom stereocenters. The molecule has 0 aromatic heterocycles. The van der Waals surface area contributed by atoms with Crippen molar-refractivity contribution in [3.63, 3.8) is 0 Å². The molecule has 0 bridgehead atoms. The lowest BCUT2D eigenvalue weighted by Gasteiger charge is -2.12. The highest BCUT2D eigenvalue weighted by Gasteiger charge is 2.19. The molecule has 69 heavy (non-hydrogen) atoms. The minimum atomic E-state index is -0.781. The van der Waals surface area contributed by atoms with E-state index in [0.717, 1.165) is 50.7 Å². The van der Waals surface area contributed by atoms with Crippen molar-refractivity contribution in [2.24, 2.45) is 0 Å². The zero-order valence-corrected chi connectivity index (χ0v) is 40.3. The van der Waals surface area contributed by atoms with E-state index in [1.807, 2.05) is 0 Å². The lowest BCUT2D eigenvalue weighted by atomic mass is 10.1. The molecular weight excluding hydrogens is 883 g/mol. The Kier molecular flexibility index (Phi) is 22.7. The smallest absolute Gasteiger partial charge is 0.343 e. The molecule has 0 N–H and O–H groups in total. The maximum absolute atomic E-state index is 14.8. The van der Waals surface area contributed by atoms with Crippen molar-refractivity contribution in [1.29, 1.82) is 0 Å². The average Bonchev–Trinajstić information content (AvgIpc) is 3.35. The van der Waals surface area contributed by atoms with Crippen molar-refractivity contribution < 1.29 is 56.4 Å². The molecule has 0 radical (unpaired) electrons. The fraction of sp³-hybridized carbons (Fsp3) is 0.404. The van der Waals surface area contributed by atoms with Crippen LogP contribution in [-0.2, 0) is 0 Å². The van der Waals surface area contributed by atoms with Gasteiger partial charge < -0.3 is 28.4 Å². The number of halogens is 2. The maximum Gasteiger partial charge on any atom is 0.343 e. The molecule has 0 aliphatic heterocycles. The van der Waals surface area contributed by atoms with Gasteiger partial charge in [-0.2, -0.15) is 0 Å². The van der Waals surface area contributed by atoms with Crippen molar-refractivity contribution in [2.45, 2.75) is 136 Å². The summed E-state index contributed by atoms with van der Waals surface area (Å²) in [6.07, 6.45) is 21.0. The molecule has 0 amide bonds. The fourth-order valence-corrected chi connectivity index (χ4v) is 7.46. The molecule has 0 aliphatic carbocycles. The third kappa shape index (κ3) is 18.1. The predicted molar refractivity (Wildman–Crippen MR) is 262 cm³/mol. The average molecular weight is 949 g/mol.